The molecule has 1 rings (SSSR count). The van der Waals surface area contributed by atoms with Crippen LogP contribution in [-0.2, 0) is 0 Å². The molecule has 0 bridgehead atoms. The van der Waals surface area contributed by atoms with Crippen molar-refractivity contribution < 1.29 is 9.59 Å². The molecule has 21 heavy (non-hydrogen) atoms. The monoisotopic (exact) mass is 298 g/mol. The van der Waals surface area contributed by atoms with E-state index < -0.39 is 12.1 Å². The van der Waals surface area contributed by atoms with Gasteiger partial charge in [-0.05, 0) is 6.42 Å². The zero-order valence-electron chi connectivity index (χ0n) is 11.5. The first kappa shape index (κ1) is 16.3. The number of hydrazine groups is 2. The number of carbonyl (C=O) groups is 2. The molecule has 0 spiro atoms. The summed E-state index contributed by atoms with van der Waals surface area (Å²) >= 11 is 0. The van der Waals surface area contributed by atoms with Crippen LogP contribution in [0.1, 0.15) is 19.8 Å². The van der Waals surface area contributed by atoms with Gasteiger partial charge in [-0.2, -0.15) is 25.0 Å². The molecule has 0 saturated carbocycles. The Morgan fingerprint density at radius 1 is 1.05 bits per heavy atom. The molecule has 9 N–H and O–H groups in total. The van der Waals surface area contributed by atoms with Gasteiger partial charge in [0.1, 0.15) is 0 Å². The van der Waals surface area contributed by atoms with Gasteiger partial charge in [0.2, 0.25) is 5.95 Å². The molecule has 1 aromatic rings. The fourth-order valence-corrected chi connectivity index (χ4v) is 1.22. The summed E-state index contributed by atoms with van der Waals surface area (Å²) in [6.07, 6.45) is 1.81. The fraction of sp³-hybridized carbons (Fsp3) is 0.444. The maximum atomic E-state index is 11.1. The van der Waals surface area contributed by atoms with Gasteiger partial charge in [0.15, 0.2) is 0 Å². The van der Waals surface area contributed by atoms with E-state index in [4.69, 9.17) is 23.2 Å². The summed E-state index contributed by atoms with van der Waals surface area (Å²) in [5.74, 6) is 10.3. The van der Waals surface area contributed by atoms with Gasteiger partial charge in [0.05, 0.1) is 0 Å². The molecule has 0 aliphatic carbocycles. The van der Waals surface area contributed by atoms with Crippen molar-refractivity contribution in [1.29, 1.82) is 0 Å². The highest BCUT2D eigenvalue weighted by atomic mass is 16.2. The quantitative estimate of drug-likeness (QED) is 0.183. The first-order valence-electron chi connectivity index (χ1n) is 6.05. The molecule has 0 radical (unpaired) electrons. The average Bonchev–Trinajstić information content (AvgIpc) is 2.45. The maximum absolute atomic E-state index is 11.1. The molecule has 4 amide bonds. The van der Waals surface area contributed by atoms with Crippen molar-refractivity contribution >= 4 is 29.9 Å². The number of aromatic nitrogens is 3. The average molecular weight is 298 g/mol. The van der Waals surface area contributed by atoms with Crippen molar-refractivity contribution in [3.63, 3.8) is 0 Å². The van der Waals surface area contributed by atoms with E-state index in [0.717, 1.165) is 12.8 Å². The molecule has 0 atom stereocenters. The summed E-state index contributed by atoms with van der Waals surface area (Å²) in [5, 5.41) is 3.87. The van der Waals surface area contributed by atoms with Crippen molar-refractivity contribution in [2.45, 2.75) is 19.8 Å². The van der Waals surface area contributed by atoms with Crippen molar-refractivity contribution in [2.75, 3.05) is 21.9 Å². The third kappa shape index (κ3) is 4.39. The predicted molar refractivity (Wildman–Crippen MR) is 75.7 cm³/mol. The Kier molecular flexibility index (Phi) is 5.57. The number of nitrogens with two attached hydrogens (primary N) is 4. The number of nitrogens with one attached hydrogen (secondary N) is 1. The normalized spacial score (nSPS) is 10.0. The van der Waals surface area contributed by atoms with E-state index in [9.17, 15) is 9.59 Å². The maximum Gasteiger partial charge on any atom is 0.336 e. The Hall–Kier alpha value is -2.73. The number of hydrogen-bond donors (Lipinski definition) is 5. The highest BCUT2D eigenvalue weighted by Crippen LogP contribution is 2.13. The molecule has 0 unspecified atom stereocenters. The van der Waals surface area contributed by atoms with Crippen molar-refractivity contribution in [2.24, 2.45) is 23.2 Å². The van der Waals surface area contributed by atoms with Gasteiger partial charge in [0.25, 0.3) is 11.9 Å². The number of carbonyl (C=O) groups excluding carboxylic acids is 2. The second-order valence-corrected chi connectivity index (χ2v) is 3.96. The Bertz CT molecular complexity index is 483. The second kappa shape index (κ2) is 7.16. The van der Waals surface area contributed by atoms with Crippen LogP contribution in [0.25, 0.3) is 0 Å². The number of primary amides is 2. The fourth-order valence-electron chi connectivity index (χ4n) is 1.22. The Balaban J connectivity index is 3.12. The van der Waals surface area contributed by atoms with E-state index in [1.807, 2.05) is 6.92 Å². The third-order valence-electron chi connectivity index (χ3n) is 2.33. The number of amides is 4. The lowest BCUT2D eigenvalue weighted by atomic mass is 10.3. The minimum atomic E-state index is -0.991. The molecule has 0 aromatic carbocycles. The molecule has 0 aliphatic heterocycles. The number of urea groups is 2. The lowest BCUT2D eigenvalue weighted by Crippen LogP contribution is -2.45. The molecule has 0 aliphatic rings. The van der Waals surface area contributed by atoms with Crippen LogP contribution in [0.3, 0.4) is 0 Å². The topological polar surface area (TPSA) is 195 Å². The smallest absolute Gasteiger partial charge is 0.336 e. The first-order valence-corrected chi connectivity index (χ1v) is 6.05. The first-order chi connectivity index (χ1) is 9.86. The van der Waals surface area contributed by atoms with Gasteiger partial charge in [0, 0.05) is 6.54 Å². The van der Waals surface area contributed by atoms with Gasteiger partial charge >= 0.3 is 12.1 Å². The zero-order valence-corrected chi connectivity index (χ0v) is 11.5. The predicted octanol–water partition coefficient (Wildman–Crippen LogP) is -1.40. The highest BCUT2D eigenvalue weighted by molar-refractivity contribution is 5.89. The van der Waals surface area contributed by atoms with E-state index in [1.54, 1.807) is 0 Å². The SMILES string of the molecule is CCCCNc1nc(N(N)C(N)=O)nc(N(N)C(N)=O)n1. The van der Waals surface area contributed by atoms with Gasteiger partial charge in [-0.25, -0.2) is 21.3 Å². The van der Waals surface area contributed by atoms with Gasteiger partial charge < -0.3 is 16.8 Å². The minimum absolute atomic E-state index is 0.0804. The van der Waals surface area contributed by atoms with E-state index in [1.165, 1.54) is 0 Å². The van der Waals surface area contributed by atoms with Crippen LogP contribution < -0.4 is 38.5 Å². The lowest BCUT2D eigenvalue weighted by molar-refractivity contribution is 0.253. The Labute approximate surface area is 120 Å². The summed E-state index contributed by atoms with van der Waals surface area (Å²) in [5.41, 5.74) is 10.1. The summed E-state index contributed by atoms with van der Waals surface area (Å²) in [4.78, 5) is 33.6. The molecule has 0 saturated heterocycles. The van der Waals surface area contributed by atoms with Crippen molar-refractivity contribution in [1.82, 2.24) is 15.0 Å². The van der Waals surface area contributed by atoms with Crippen LogP contribution in [0.5, 0.6) is 0 Å². The second-order valence-electron chi connectivity index (χ2n) is 3.96. The van der Waals surface area contributed by atoms with E-state index >= 15 is 0 Å². The van der Waals surface area contributed by atoms with Crippen LogP contribution in [0.4, 0.5) is 27.4 Å². The Morgan fingerprint density at radius 3 is 1.90 bits per heavy atom. The van der Waals surface area contributed by atoms with Crippen LogP contribution in [0.2, 0.25) is 0 Å². The van der Waals surface area contributed by atoms with Gasteiger partial charge in [-0.1, -0.05) is 13.3 Å². The standard InChI is InChI=1S/C9H18N10O2/c1-2-3-4-14-7-15-8(18(12)5(10)20)17-9(16-7)19(13)6(11)21/h2-4,12-13H2,1H3,(H2,10,20)(H2,11,21)(H,14,15,16,17). The summed E-state index contributed by atoms with van der Waals surface area (Å²) in [7, 11) is 0. The molecule has 12 nitrogen and oxygen atoms in total. The largest absolute Gasteiger partial charge is 0.354 e. The summed E-state index contributed by atoms with van der Waals surface area (Å²) < 4.78 is 0. The molecule has 0 fully saturated rings. The molecule has 1 heterocycles. The number of rotatable bonds is 6. The lowest BCUT2D eigenvalue weighted by Gasteiger charge is -2.17. The van der Waals surface area contributed by atoms with E-state index in [2.05, 4.69) is 20.3 Å². The van der Waals surface area contributed by atoms with Crippen LogP contribution in [0.15, 0.2) is 0 Å². The van der Waals surface area contributed by atoms with Crippen molar-refractivity contribution in [3.05, 3.63) is 0 Å². The number of anilines is 3. The zero-order chi connectivity index (χ0) is 16.0. The third-order valence-corrected chi connectivity index (χ3v) is 2.33. The summed E-state index contributed by atoms with van der Waals surface area (Å²) in [6, 6.07) is -1.98. The van der Waals surface area contributed by atoms with E-state index in [-0.39, 0.29) is 17.8 Å². The molecular formula is C9H18N10O2. The van der Waals surface area contributed by atoms with Gasteiger partial charge in [-0.3, -0.25) is 0 Å². The number of unbranched alkanes of at least 4 members (excludes halogenated alkanes) is 1. The molecule has 116 valence electrons. The number of nitrogens with zero attached hydrogens (tertiary/aromatic N) is 5. The number of hydrogen-bond acceptors (Lipinski definition) is 8. The molecule has 1 aromatic heterocycles. The summed E-state index contributed by atoms with van der Waals surface area (Å²) in [6.45, 7) is 2.58. The van der Waals surface area contributed by atoms with Crippen molar-refractivity contribution in [3.8, 4) is 0 Å². The Morgan fingerprint density at radius 2 is 1.52 bits per heavy atom. The van der Waals surface area contributed by atoms with Crippen LogP contribution >= 0.6 is 0 Å². The van der Waals surface area contributed by atoms with Gasteiger partial charge in [-0.15, -0.1) is 0 Å². The molecule has 12 heteroatoms. The van der Waals surface area contributed by atoms with Crippen LogP contribution in [-0.4, -0.2) is 33.6 Å². The van der Waals surface area contributed by atoms with E-state index in [0.29, 0.717) is 16.6 Å². The highest BCUT2D eigenvalue weighted by Gasteiger charge is 2.19. The minimum Gasteiger partial charge on any atom is -0.354 e. The molecular weight excluding hydrogens is 280 g/mol. The van der Waals surface area contributed by atoms with Crippen LogP contribution in [0, 0.1) is 0 Å².